The van der Waals surface area contributed by atoms with Crippen LogP contribution in [-0.2, 0) is 0 Å². The van der Waals surface area contributed by atoms with Crippen LogP contribution in [0.2, 0.25) is 5.02 Å². The molecule has 1 aliphatic heterocycles. The Kier molecular flexibility index (Phi) is 7.43. The minimum atomic E-state index is 0.0812. The molecule has 1 N–H and O–H groups in total. The van der Waals surface area contributed by atoms with Crippen LogP contribution in [0.15, 0.2) is 41.3 Å². The number of benzene rings is 1. The normalized spacial score (nSPS) is 15.9. The Bertz CT molecular complexity index is 726. The van der Waals surface area contributed by atoms with Gasteiger partial charge in [0.2, 0.25) is 0 Å². The summed E-state index contributed by atoms with van der Waals surface area (Å²) in [5.41, 5.74) is 0. The van der Waals surface area contributed by atoms with Gasteiger partial charge in [0.05, 0.1) is 9.90 Å². The number of rotatable bonds is 7. The van der Waals surface area contributed by atoms with E-state index >= 15 is 0 Å². The molecule has 1 saturated heterocycles. The summed E-state index contributed by atoms with van der Waals surface area (Å²) >= 11 is 9.58. The highest BCUT2D eigenvalue weighted by Crippen LogP contribution is 2.27. The Morgan fingerprint density at radius 2 is 2.04 bits per heavy atom. The van der Waals surface area contributed by atoms with E-state index in [1.165, 1.54) is 9.77 Å². The molecule has 0 unspecified atom stereocenters. The highest BCUT2D eigenvalue weighted by atomic mass is 35.5. The molecule has 1 aliphatic rings. The van der Waals surface area contributed by atoms with Crippen molar-refractivity contribution >= 4 is 40.6 Å². The van der Waals surface area contributed by atoms with Crippen LogP contribution in [0.3, 0.4) is 0 Å². The Balaban J connectivity index is 1.32. The Hall–Kier alpha value is -1.01. The molecule has 140 valence electrons. The fourth-order valence-electron chi connectivity index (χ4n) is 3.15. The number of piperidine rings is 1. The Morgan fingerprint density at radius 3 is 2.73 bits per heavy atom. The summed E-state index contributed by atoms with van der Waals surface area (Å²) in [6.45, 7) is 5.27. The molecule has 1 aromatic carbocycles. The summed E-state index contributed by atoms with van der Waals surface area (Å²) in [5.74, 6) is 1.16. The van der Waals surface area contributed by atoms with Crippen molar-refractivity contribution in [3.63, 3.8) is 0 Å². The van der Waals surface area contributed by atoms with Gasteiger partial charge < -0.3 is 10.2 Å². The number of nitrogens with one attached hydrogen (secondary N) is 1. The maximum Gasteiger partial charge on any atom is 0.261 e. The summed E-state index contributed by atoms with van der Waals surface area (Å²) in [4.78, 5) is 17.9. The second kappa shape index (κ2) is 9.79. The maximum atomic E-state index is 12.3. The molecule has 3 rings (SSSR count). The third-order valence-electron chi connectivity index (χ3n) is 4.60. The Labute approximate surface area is 169 Å². The average Bonchev–Trinajstić information content (AvgIpc) is 3.08. The molecule has 0 bridgehead atoms. The van der Waals surface area contributed by atoms with Crippen molar-refractivity contribution in [2.75, 3.05) is 25.4 Å². The molecule has 0 radical (unpaired) electrons. The molecule has 1 fully saturated rings. The third-order valence-corrected chi connectivity index (χ3v) is 7.20. The second-order valence-corrected chi connectivity index (χ2v) is 9.46. The average molecular weight is 409 g/mol. The van der Waals surface area contributed by atoms with Crippen LogP contribution in [0.25, 0.3) is 0 Å². The van der Waals surface area contributed by atoms with Gasteiger partial charge in [0.25, 0.3) is 5.91 Å². The SMILES string of the molecule is Cc1ccc(C(=O)NC2CCN(CCCSc3ccccc3Cl)CC2)s1. The molecule has 0 atom stereocenters. The summed E-state index contributed by atoms with van der Waals surface area (Å²) < 4.78 is 0. The largest absolute Gasteiger partial charge is 0.349 e. The summed E-state index contributed by atoms with van der Waals surface area (Å²) in [6.07, 6.45) is 3.23. The van der Waals surface area contributed by atoms with Crippen LogP contribution < -0.4 is 5.32 Å². The van der Waals surface area contributed by atoms with Crippen LogP contribution >= 0.6 is 34.7 Å². The van der Waals surface area contributed by atoms with Crippen molar-refractivity contribution in [1.29, 1.82) is 0 Å². The van der Waals surface area contributed by atoms with Crippen molar-refractivity contribution in [2.45, 2.75) is 37.1 Å². The smallest absolute Gasteiger partial charge is 0.261 e. The van der Waals surface area contributed by atoms with Crippen molar-refractivity contribution < 1.29 is 4.79 Å². The first-order valence-electron chi connectivity index (χ1n) is 9.09. The van der Waals surface area contributed by atoms with Gasteiger partial charge in [0, 0.05) is 28.9 Å². The molecule has 2 aromatic rings. The van der Waals surface area contributed by atoms with Gasteiger partial charge in [-0.1, -0.05) is 23.7 Å². The van der Waals surface area contributed by atoms with Crippen LogP contribution in [0.1, 0.15) is 33.8 Å². The molecule has 0 saturated carbocycles. The fourth-order valence-corrected chi connectivity index (χ4v) is 5.09. The van der Waals surface area contributed by atoms with Gasteiger partial charge in [0.1, 0.15) is 0 Å². The molecule has 1 amide bonds. The molecular formula is C20H25ClN2OS2. The zero-order valence-corrected chi connectivity index (χ0v) is 17.4. The highest BCUT2D eigenvalue weighted by molar-refractivity contribution is 7.99. The minimum Gasteiger partial charge on any atom is -0.349 e. The molecular weight excluding hydrogens is 384 g/mol. The first-order chi connectivity index (χ1) is 12.6. The second-order valence-electron chi connectivity index (χ2n) is 6.63. The number of carbonyl (C=O) groups excluding carboxylic acids is 1. The van der Waals surface area contributed by atoms with Crippen molar-refractivity contribution in [1.82, 2.24) is 10.2 Å². The highest BCUT2D eigenvalue weighted by Gasteiger charge is 2.21. The molecule has 6 heteroatoms. The standard InChI is InChI=1S/C20H25ClN2OS2/c1-15-7-8-19(26-15)20(24)22-16-9-12-23(13-10-16)11-4-14-25-18-6-3-2-5-17(18)21/h2-3,5-8,16H,4,9-14H2,1H3,(H,22,24). The molecule has 2 heterocycles. The lowest BCUT2D eigenvalue weighted by Crippen LogP contribution is -2.44. The number of thiophene rings is 1. The van der Waals surface area contributed by atoms with Crippen LogP contribution in [0.4, 0.5) is 0 Å². The number of halogens is 1. The van der Waals surface area contributed by atoms with Crippen molar-refractivity contribution in [2.24, 2.45) is 0 Å². The minimum absolute atomic E-state index is 0.0812. The van der Waals surface area contributed by atoms with E-state index < -0.39 is 0 Å². The predicted octanol–water partition coefficient (Wildman–Crippen LogP) is 5.09. The number of nitrogens with zero attached hydrogens (tertiary/aromatic N) is 1. The zero-order chi connectivity index (χ0) is 18.4. The number of hydrogen-bond donors (Lipinski definition) is 1. The van der Waals surface area contributed by atoms with Crippen molar-refractivity contribution in [3.05, 3.63) is 51.2 Å². The quantitative estimate of drug-likeness (QED) is 0.511. The van der Waals surface area contributed by atoms with E-state index in [4.69, 9.17) is 11.6 Å². The molecule has 0 spiro atoms. The number of carbonyl (C=O) groups is 1. The third kappa shape index (κ3) is 5.74. The van der Waals surface area contributed by atoms with E-state index in [0.29, 0.717) is 6.04 Å². The van der Waals surface area contributed by atoms with Gasteiger partial charge in [-0.15, -0.1) is 23.1 Å². The predicted molar refractivity (Wildman–Crippen MR) is 113 cm³/mol. The molecule has 0 aliphatic carbocycles. The van der Waals surface area contributed by atoms with Gasteiger partial charge in [-0.25, -0.2) is 0 Å². The van der Waals surface area contributed by atoms with E-state index in [-0.39, 0.29) is 5.91 Å². The van der Waals surface area contributed by atoms with E-state index in [2.05, 4.69) is 16.3 Å². The fraction of sp³-hybridized carbons (Fsp3) is 0.450. The number of likely N-dealkylation sites (tertiary alicyclic amines) is 1. The lowest BCUT2D eigenvalue weighted by molar-refractivity contribution is 0.0915. The lowest BCUT2D eigenvalue weighted by Gasteiger charge is -2.32. The molecule has 26 heavy (non-hydrogen) atoms. The number of aryl methyl sites for hydroxylation is 1. The summed E-state index contributed by atoms with van der Waals surface area (Å²) in [5, 5.41) is 4.03. The van der Waals surface area contributed by atoms with Gasteiger partial charge in [-0.05, 0) is 62.7 Å². The first-order valence-corrected chi connectivity index (χ1v) is 11.3. The van der Waals surface area contributed by atoms with Crippen LogP contribution in [0, 0.1) is 6.92 Å². The van der Waals surface area contributed by atoms with E-state index in [1.54, 1.807) is 11.3 Å². The van der Waals surface area contributed by atoms with E-state index in [9.17, 15) is 4.79 Å². The lowest BCUT2D eigenvalue weighted by atomic mass is 10.0. The monoisotopic (exact) mass is 408 g/mol. The van der Waals surface area contributed by atoms with Crippen LogP contribution in [-0.4, -0.2) is 42.2 Å². The van der Waals surface area contributed by atoms with Crippen molar-refractivity contribution in [3.8, 4) is 0 Å². The van der Waals surface area contributed by atoms with Gasteiger partial charge in [0.15, 0.2) is 0 Å². The zero-order valence-electron chi connectivity index (χ0n) is 15.0. The number of amides is 1. The first kappa shape index (κ1) is 19.7. The van der Waals surface area contributed by atoms with Gasteiger partial charge in [-0.3, -0.25) is 4.79 Å². The van der Waals surface area contributed by atoms with Gasteiger partial charge >= 0.3 is 0 Å². The van der Waals surface area contributed by atoms with E-state index in [0.717, 1.165) is 54.5 Å². The maximum absolute atomic E-state index is 12.3. The topological polar surface area (TPSA) is 32.3 Å². The van der Waals surface area contributed by atoms with E-state index in [1.807, 2.05) is 49.0 Å². The summed E-state index contributed by atoms with van der Waals surface area (Å²) in [7, 11) is 0. The molecule has 3 nitrogen and oxygen atoms in total. The number of hydrogen-bond acceptors (Lipinski definition) is 4. The number of thioether (sulfide) groups is 1. The van der Waals surface area contributed by atoms with Gasteiger partial charge in [-0.2, -0.15) is 0 Å². The summed E-state index contributed by atoms with van der Waals surface area (Å²) in [6, 6.07) is 12.2. The Morgan fingerprint density at radius 1 is 1.27 bits per heavy atom. The molecule has 1 aromatic heterocycles. The van der Waals surface area contributed by atoms with Crippen LogP contribution in [0.5, 0.6) is 0 Å².